The molecule has 0 saturated carbocycles. The number of rotatable bonds is 3. The van der Waals surface area contributed by atoms with Crippen molar-refractivity contribution in [2.24, 2.45) is 15.9 Å². The van der Waals surface area contributed by atoms with Crippen LogP contribution in [0.15, 0.2) is 46.4 Å². The summed E-state index contributed by atoms with van der Waals surface area (Å²) in [6.07, 6.45) is 9.23. The number of benzene rings is 1. The van der Waals surface area contributed by atoms with E-state index in [2.05, 4.69) is 55.8 Å². The lowest BCUT2D eigenvalue weighted by atomic mass is 9.94. The fourth-order valence-electron chi connectivity index (χ4n) is 2.99. The molecule has 144 valence electrons. The minimum Gasteiger partial charge on any atom is -0.357 e. The van der Waals surface area contributed by atoms with Crippen molar-refractivity contribution in [1.82, 2.24) is 4.90 Å². The topological polar surface area (TPSA) is 28.0 Å². The molecule has 0 atom stereocenters. The number of allylic oxidation sites excluding steroid dienone is 1. The van der Waals surface area contributed by atoms with Gasteiger partial charge in [-0.2, -0.15) is 0 Å². The summed E-state index contributed by atoms with van der Waals surface area (Å²) in [5, 5.41) is 0. The molecule has 1 heterocycles. The fourth-order valence-corrected chi connectivity index (χ4v) is 2.99. The third-order valence-corrected chi connectivity index (χ3v) is 4.51. The Morgan fingerprint density at radius 2 is 1.77 bits per heavy atom. The monoisotopic (exact) mass is 355 g/mol. The first-order chi connectivity index (χ1) is 12.5. The van der Waals surface area contributed by atoms with Crippen molar-refractivity contribution >= 4 is 17.4 Å². The zero-order valence-corrected chi connectivity index (χ0v) is 17.6. The lowest BCUT2D eigenvalue weighted by molar-refractivity contribution is 0.262. The van der Waals surface area contributed by atoms with Crippen LogP contribution in [0.1, 0.15) is 65.9 Å². The first-order valence-electron chi connectivity index (χ1n) is 10.1. The summed E-state index contributed by atoms with van der Waals surface area (Å²) in [6.45, 7) is 14.8. The van der Waals surface area contributed by atoms with Crippen molar-refractivity contribution in [3.8, 4) is 0 Å². The summed E-state index contributed by atoms with van der Waals surface area (Å²) in [5.41, 5.74) is 2.18. The van der Waals surface area contributed by atoms with E-state index in [0.29, 0.717) is 0 Å². The van der Waals surface area contributed by atoms with Crippen LogP contribution in [-0.4, -0.2) is 29.7 Å². The molecule has 1 fully saturated rings. The SMILES string of the molecule is C/C=C\C(=NC(C)=Nc1ccccc1C)N1CCC(CC)CC1.CCC. The predicted octanol–water partition coefficient (Wildman–Crippen LogP) is 6.56. The average molecular weight is 356 g/mol. The van der Waals surface area contributed by atoms with Crippen molar-refractivity contribution in [3.63, 3.8) is 0 Å². The second-order valence-electron chi connectivity index (χ2n) is 6.96. The molecule has 0 aromatic heterocycles. The predicted molar refractivity (Wildman–Crippen MR) is 117 cm³/mol. The third kappa shape index (κ3) is 7.55. The highest BCUT2D eigenvalue weighted by Crippen LogP contribution is 2.21. The molecule has 26 heavy (non-hydrogen) atoms. The Hall–Kier alpha value is -1.90. The molecule has 0 amide bonds. The van der Waals surface area contributed by atoms with Gasteiger partial charge in [0.25, 0.3) is 0 Å². The van der Waals surface area contributed by atoms with Gasteiger partial charge in [0.1, 0.15) is 11.7 Å². The van der Waals surface area contributed by atoms with Gasteiger partial charge in [0.15, 0.2) is 0 Å². The Morgan fingerprint density at radius 1 is 1.15 bits per heavy atom. The summed E-state index contributed by atoms with van der Waals surface area (Å²) in [7, 11) is 0. The zero-order chi connectivity index (χ0) is 19.4. The standard InChI is InChI=1S/C20H29N3.C3H8/c1-5-9-20(23-14-12-18(6-2)13-15-23)22-17(4)21-19-11-8-7-10-16(19)3;1-3-2/h5,7-11,18H,6,12-15H2,1-4H3;3H2,1-2H3/b9-5-,21-17?,22-20?;. The van der Waals surface area contributed by atoms with Gasteiger partial charge in [0.2, 0.25) is 0 Å². The van der Waals surface area contributed by atoms with E-state index in [0.717, 1.165) is 36.4 Å². The van der Waals surface area contributed by atoms with Gasteiger partial charge in [-0.05, 0) is 57.2 Å². The van der Waals surface area contributed by atoms with Gasteiger partial charge in [-0.3, -0.25) is 0 Å². The molecule has 0 spiro atoms. The van der Waals surface area contributed by atoms with Gasteiger partial charge >= 0.3 is 0 Å². The summed E-state index contributed by atoms with van der Waals surface area (Å²) in [4.78, 5) is 11.9. The minimum atomic E-state index is 0.810. The van der Waals surface area contributed by atoms with Gasteiger partial charge in [0.05, 0.1) is 5.69 Å². The average Bonchev–Trinajstić information content (AvgIpc) is 2.64. The quantitative estimate of drug-likeness (QED) is 0.446. The molecule has 3 heteroatoms. The van der Waals surface area contributed by atoms with Crippen LogP contribution in [0.2, 0.25) is 0 Å². The number of amidine groups is 2. The number of aryl methyl sites for hydroxylation is 1. The number of para-hydroxylation sites is 1. The van der Waals surface area contributed by atoms with Crippen LogP contribution in [0.5, 0.6) is 0 Å². The van der Waals surface area contributed by atoms with Crippen molar-refractivity contribution < 1.29 is 0 Å². The van der Waals surface area contributed by atoms with Gasteiger partial charge in [-0.1, -0.05) is 57.9 Å². The summed E-state index contributed by atoms with van der Waals surface area (Å²) < 4.78 is 0. The van der Waals surface area contributed by atoms with Crippen LogP contribution in [0.25, 0.3) is 0 Å². The normalized spacial score (nSPS) is 16.6. The first-order valence-corrected chi connectivity index (χ1v) is 10.1. The summed E-state index contributed by atoms with van der Waals surface area (Å²) >= 11 is 0. The van der Waals surface area contributed by atoms with Gasteiger partial charge in [-0.25, -0.2) is 9.98 Å². The molecular formula is C23H37N3. The maximum absolute atomic E-state index is 4.78. The largest absolute Gasteiger partial charge is 0.357 e. The van der Waals surface area contributed by atoms with Crippen LogP contribution in [-0.2, 0) is 0 Å². The smallest absolute Gasteiger partial charge is 0.130 e. The molecular weight excluding hydrogens is 318 g/mol. The van der Waals surface area contributed by atoms with E-state index >= 15 is 0 Å². The minimum absolute atomic E-state index is 0.810. The summed E-state index contributed by atoms with van der Waals surface area (Å²) in [5.74, 6) is 2.72. The van der Waals surface area contributed by atoms with Gasteiger partial charge in [0, 0.05) is 13.1 Å². The Labute approximate surface area is 160 Å². The van der Waals surface area contributed by atoms with Crippen LogP contribution in [0.3, 0.4) is 0 Å². The van der Waals surface area contributed by atoms with E-state index < -0.39 is 0 Å². The Balaban J connectivity index is 0.00000105. The number of likely N-dealkylation sites (tertiary alicyclic amines) is 1. The Morgan fingerprint density at radius 3 is 2.31 bits per heavy atom. The fraction of sp³-hybridized carbons (Fsp3) is 0.565. The molecule has 0 N–H and O–H groups in total. The Kier molecular flexibility index (Phi) is 10.6. The van der Waals surface area contributed by atoms with Crippen molar-refractivity contribution in [2.75, 3.05) is 13.1 Å². The molecule has 1 aromatic carbocycles. The highest BCUT2D eigenvalue weighted by atomic mass is 15.2. The second kappa shape index (κ2) is 12.5. The van der Waals surface area contributed by atoms with Crippen LogP contribution < -0.4 is 0 Å². The summed E-state index contributed by atoms with van der Waals surface area (Å²) in [6, 6.07) is 8.18. The first kappa shape index (κ1) is 22.1. The Bertz CT molecular complexity index is 606. The van der Waals surface area contributed by atoms with E-state index in [-0.39, 0.29) is 0 Å². The van der Waals surface area contributed by atoms with E-state index in [1.807, 2.05) is 32.0 Å². The van der Waals surface area contributed by atoms with E-state index in [1.165, 1.54) is 31.2 Å². The second-order valence-corrected chi connectivity index (χ2v) is 6.96. The highest BCUT2D eigenvalue weighted by Gasteiger charge is 2.19. The van der Waals surface area contributed by atoms with E-state index in [4.69, 9.17) is 4.99 Å². The molecule has 2 rings (SSSR count). The van der Waals surface area contributed by atoms with Crippen LogP contribution in [0, 0.1) is 12.8 Å². The van der Waals surface area contributed by atoms with Gasteiger partial charge in [-0.15, -0.1) is 0 Å². The maximum Gasteiger partial charge on any atom is 0.130 e. The molecule has 1 aliphatic rings. The maximum atomic E-state index is 4.78. The van der Waals surface area contributed by atoms with E-state index in [1.54, 1.807) is 0 Å². The molecule has 1 saturated heterocycles. The number of piperidine rings is 1. The van der Waals surface area contributed by atoms with Crippen LogP contribution >= 0.6 is 0 Å². The molecule has 1 aliphatic heterocycles. The lowest BCUT2D eigenvalue weighted by Gasteiger charge is -2.33. The molecule has 0 unspecified atom stereocenters. The molecule has 0 aliphatic carbocycles. The highest BCUT2D eigenvalue weighted by molar-refractivity contribution is 6.02. The molecule has 1 aromatic rings. The molecule has 0 bridgehead atoms. The van der Waals surface area contributed by atoms with Crippen molar-refractivity contribution in [3.05, 3.63) is 42.0 Å². The van der Waals surface area contributed by atoms with E-state index in [9.17, 15) is 0 Å². The van der Waals surface area contributed by atoms with Crippen LogP contribution in [0.4, 0.5) is 5.69 Å². The number of aliphatic imine (C=N–C) groups is 2. The zero-order valence-electron chi connectivity index (χ0n) is 17.6. The number of nitrogens with zero attached hydrogens (tertiary/aromatic N) is 3. The molecule has 3 nitrogen and oxygen atoms in total. The van der Waals surface area contributed by atoms with Gasteiger partial charge < -0.3 is 4.90 Å². The molecule has 0 radical (unpaired) electrons. The lowest BCUT2D eigenvalue weighted by Crippen LogP contribution is -2.37. The van der Waals surface area contributed by atoms with Crippen molar-refractivity contribution in [2.45, 2.75) is 67.2 Å². The third-order valence-electron chi connectivity index (χ3n) is 4.51. The number of hydrogen-bond acceptors (Lipinski definition) is 1. The number of hydrogen-bond donors (Lipinski definition) is 0. The van der Waals surface area contributed by atoms with Crippen molar-refractivity contribution in [1.29, 1.82) is 0 Å².